The van der Waals surface area contributed by atoms with Crippen molar-refractivity contribution in [3.8, 4) is 11.3 Å². The summed E-state index contributed by atoms with van der Waals surface area (Å²) < 4.78 is 37.3. The van der Waals surface area contributed by atoms with Crippen LogP contribution in [0.25, 0.3) is 29.0 Å². The molecule has 2 aromatic heterocycles. The van der Waals surface area contributed by atoms with Gasteiger partial charge in [0.2, 0.25) is 5.91 Å². The number of allylic oxidation sites excluding steroid dienone is 1. The lowest BCUT2D eigenvalue weighted by Gasteiger charge is -2.52. The maximum atomic E-state index is 15.1. The highest BCUT2D eigenvalue weighted by Gasteiger charge is 2.44. The number of halogens is 2. The van der Waals surface area contributed by atoms with Crippen LogP contribution in [0.15, 0.2) is 31.1 Å². The Kier molecular flexibility index (Phi) is 9.32. The number of aromatic nitrogens is 4. The van der Waals surface area contributed by atoms with Crippen molar-refractivity contribution < 1.29 is 18.3 Å². The molecule has 0 bridgehead atoms. The molecule has 2 aliphatic rings. The van der Waals surface area contributed by atoms with E-state index in [0.717, 1.165) is 56.8 Å². The number of likely N-dealkylation sites (tertiary alicyclic amines) is 1. The highest BCUT2D eigenvalue weighted by Crippen LogP contribution is 2.39. The lowest BCUT2D eigenvalue weighted by molar-refractivity contribution is -0.124. The molecule has 1 amide bonds. The van der Waals surface area contributed by atoms with E-state index in [2.05, 4.69) is 45.9 Å². The average Bonchev–Trinajstić information content (AvgIpc) is 3.49. The molecular formula is C30H38F2N6O2. The zero-order valence-electron chi connectivity index (χ0n) is 23.7. The number of aromatic amines is 1. The molecule has 40 heavy (non-hydrogen) atoms. The number of benzene rings is 1. The van der Waals surface area contributed by atoms with Crippen LogP contribution in [-0.2, 0) is 16.6 Å². The number of rotatable bonds is 7. The highest BCUT2D eigenvalue weighted by atomic mass is 19.1. The molecule has 5 rings (SSSR count). The predicted octanol–water partition coefficient (Wildman–Crippen LogP) is 5.76. The van der Waals surface area contributed by atoms with Gasteiger partial charge in [-0.2, -0.15) is 10.2 Å². The maximum Gasteiger partial charge on any atom is 0.238 e. The van der Waals surface area contributed by atoms with Gasteiger partial charge in [-0.05, 0) is 49.6 Å². The number of nitrogens with one attached hydrogen (secondary N) is 2. The van der Waals surface area contributed by atoms with Crippen molar-refractivity contribution in [3.05, 3.63) is 59.6 Å². The number of amides is 1. The third kappa shape index (κ3) is 6.56. The Hall–Kier alpha value is -3.63. The fourth-order valence-corrected chi connectivity index (χ4v) is 5.28. The zero-order valence-corrected chi connectivity index (χ0v) is 23.7. The molecule has 0 unspecified atom stereocenters. The molecule has 214 valence electrons. The van der Waals surface area contributed by atoms with Crippen LogP contribution in [0.4, 0.5) is 14.5 Å². The van der Waals surface area contributed by atoms with Crippen molar-refractivity contribution in [2.75, 3.05) is 38.2 Å². The van der Waals surface area contributed by atoms with Crippen LogP contribution in [0.2, 0.25) is 0 Å². The van der Waals surface area contributed by atoms with Crippen molar-refractivity contribution in [2.24, 2.45) is 12.5 Å². The third-order valence-electron chi connectivity index (χ3n) is 7.14. The number of hydrogen-bond acceptors (Lipinski definition) is 5. The van der Waals surface area contributed by atoms with Crippen LogP contribution in [0.3, 0.4) is 0 Å². The molecule has 0 atom stereocenters. The highest BCUT2D eigenvalue weighted by molar-refractivity contribution is 5.93. The van der Waals surface area contributed by atoms with E-state index in [9.17, 15) is 4.79 Å². The molecule has 2 saturated heterocycles. The predicted molar refractivity (Wildman–Crippen MR) is 154 cm³/mol. The summed E-state index contributed by atoms with van der Waals surface area (Å²) >= 11 is 0. The van der Waals surface area contributed by atoms with E-state index in [1.54, 1.807) is 43.2 Å². The van der Waals surface area contributed by atoms with E-state index >= 15 is 8.78 Å². The first kappa shape index (κ1) is 29.4. The molecule has 1 spiro atoms. The van der Waals surface area contributed by atoms with Crippen LogP contribution in [0.5, 0.6) is 0 Å². The van der Waals surface area contributed by atoms with Crippen LogP contribution in [0.1, 0.15) is 56.9 Å². The van der Waals surface area contributed by atoms with Gasteiger partial charge in [-0.3, -0.25) is 19.5 Å². The molecule has 0 saturated carbocycles. The summed E-state index contributed by atoms with van der Waals surface area (Å²) in [5.41, 5.74) is 3.16. The maximum absolute atomic E-state index is 15.1. The largest absolute Gasteiger partial charge is 0.381 e. The molecule has 2 N–H and O–H groups in total. The average molecular weight is 553 g/mol. The number of anilines is 1. The van der Waals surface area contributed by atoms with Gasteiger partial charge in [0, 0.05) is 67.3 Å². The second-order valence-corrected chi connectivity index (χ2v) is 10.7. The van der Waals surface area contributed by atoms with Crippen molar-refractivity contribution in [2.45, 2.75) is 40.0 Å². The van der Waals surface area contributed by atoms with E-state index in [1.807, 2.05) is 0 Å². The Bertz CT molecular complexity index is 1360. The summed E-state index contributed by atoms with van der Waals surface area (Å²) in [4.78, 5) is 14.6. The number of aryl methyl sites for hydroxylation is 1. The number of H-pyrrole nitrogens is 1. The van der Waals surface area contributed by atoms with Crippen LogP contribution in [-0.4, -0.2) is 63.6 Å². The molecule has 4 heterocycles. The number of nitrogens with zero attached hydrogens (tertiary/aromatic N) is 4. The quantitative estimate of drug-likeness (QED) is 0.389. The zero-order chi connectivity index (χ0) is 28.9. The van der Waals surface area contributed by atoms with Gasteiger partial charge in [0.25, 0.3) is 0 Å². The van der Waals surface area contributed by atoms with E-state index in [-0.39, 0.29) is 29.1 Å². The SMILES string of the molecule is C=Cc1[nH]nc(-c2cnn(C)c2)c1/C=C(\C)c1c(F)cc(NC(=O)CN2CC3(CCOCC3)C2)cc1F.CCC. The molecule has 0 radical (unpaired) electrons. The fourth-order valence-electron chi connectivity index (χ4n) is 5.28. The lowest BCUT2D eigenvalue weighted by Crippen LogP contribution is -2.59. The molecule has 0 aliphatic carbocycles. The summed E-state index contributed by atoms with van der Waals surface area (Å²) in [5.74, 6) is -1.82. The van der Waals surface area contributed by atoms with Gasteiger partial charge < -0.3 is 10.1 Å². The Morgan fingerprint density at radius 2 is 1.88 bits per heavy atom. The summed E-state index contributed by atoms with van der Waals surface area (Å²) in [6.07, 6.45) is 9.99. The first-order chi connectivity index (χ1) is 19.2. The lowest BCUT2D eigenvalue weighted by atomic mass is 9.73. The topological polar surface area (TPSA) is 88.1 Å². The van der Waals surface area contributed by atoms with Gasteiger partial charge in [0.05, 0.1) is 18.4 Å². The molecule has 8 nitrogen and oxygen atoms in total. The van der Waals surface area contributed by atoms with Crippen LogP contribution >= 0.6 is 0 Å². The summed E-state index contributed by atoms with van der Waals surface area (Å²) in [7, 11) is 1.79. The van der Waals surface area contributed by atoms with E-state index in [1.165, 1.54) is 6.42 Å². The molecule has 10 heteroatoms. The molecule has 2 aliphatic heterocycles. The summed E-state index contributed by atoms with van der Waals surface area (Å²) in [6.45, 7) is 13.1. The normalized spacial score (nSPS) is 16.7. The smallest absolute Gasteiger partial charge is 0.238 e. The van der Waals surface area contributed by atoms with Crippen LogP contribution in [0, 0.1) is 17.0 Å². The van der Waals surface area contributed by atoms with Gasteiger partial charge in [0.15, 0.2) is 0 Å². The van der Waals surface area contributed by atoms with Gasteiger partial charge in [-0.25, -0.2) is 8.78 Å². The minimum Gasteiger partial charge on any atom is -0.381 e. The molecular weight excluding hydrogens is 514 g/mol. The standard InChI is InChI=1S/C27H30F2N6O2.C3H8/c1-4-23-20(26(33-32-23)18-12-30-34(3)13-18)9-17(2)25-21(28)10-19(11-22(25)29)31-24(36)14-35-15-27(16-35)5-7-37-8-6-27;1-3-2/h4,9-13H,1,5-8,14-16H2,2-3H3,(H,31,36)(H,32,33);3H2,1-2H3/b17-9+;. The van der Waals surface area contributed by atoms with Gasteiger partial charge >= 0.3 is 0 Å². The fraction of sp³-hybridized carbons (Fsp3) is 0.433. The van der Waals surface area contributed by atoms with E-state index in [4.69, 9.17) is 4.74 Å². The molecule has 2 fully saturated rings. The van der Waals surface area contributed by atoms with Gasteiger partial charge in [0.1, 0.15) is 17.3 Å². The number of ether oxygens (including phenoxy) is 1. The number of carbonyl (C=O) groups is 1. The van der Waals surface area contributed by atoms with Crippen molar-refractivity contribution in [1.82, 2.24) is 24.9 Å². The number of carbonyl (C=O) groups excluding carboxylic acids is 1. The van der Waals surface area contributed by atoms with Crippen molar-refractivity contribution in [3.63, 3.8) is 0 Å². The van der Waals surface area contributed by atoms with E-state index < -0.39 is 11.6 Å². The first-order valence-corrected chi connectivity index (χ1v) is 13.7. The van der Waals surface area contributed by atoms with Gasteiger partial charge in [-0.1, -0.05) is 26.8 Å². The first-order valence-electron chi connectivity index (χ1n) is 13.7. The monoisotopic (exact) mass is 552 g/mol. The minimum absolute atomic E-state index is 0.0870. The van der Waals surface area contributed by atoms with Crippen molar-refractivity contribution >= 4 is 29.3 Å². The summed E-state index contributed by atoms with van der Waals surface area (Å²) in [6, 6.07) is 2.30. The molecule has 3 aromatic rings. The Morgan fingerprint density at radius 1 is 1.23 bits per heavy atom. The Balaban J connectivity index is 0.00000118. The second-order valence-electron chi connectivity index (χ2n) is 10.7. The van der Waals surface area contributed by atoms with E-state index in [0.29, 0.717) is 22.5 Å². The number of hydrogen-bond donors (Lipinski definition) is 2. The Labute approximate surface area is 234 Å². The van der Waals surface area contributed by atoms with Gasteiger partial charge in [-0.15, -0.1) is 0 Å². The summed E-state index contributed by atoms with van der Waals surface area (Å²) in [5, 5.41) is 14.0. The van der Waals surface area contributed by atoms with Crippen LogP contribution < -0.4 is 5.32 Å². The Morgan fingerprint density at radius 3 is 2.45 bits per heavy atom. The second kappa shape index (κ2) is 12.7. The van der Waals surface area contributed by atoms with Crippen molar-refractivity contribution in [1.29, 1.82) is 0 Å². The third-order valence-corrected chi connectivity index (χ3v) is 7.14. The minimum atomic E-state index is -0.763. The molecule has 1 aromatic carbocycles.